The van der Waals surface area contributed by atoms with Gasteiger partial charge < -0.3 is 10.5 Å². The quantitative estimate of drug-likeness (QED) is 0.510. The Morgan fingerprint density at radius 3 is 2.50 bits per heavy atom. The largest absolute Gasteiger partial charge is 0.463 e. The van der Waals surface area contributed by atoms with Gasteiger partial charge in [-0.25, -0.2) is 0 Å². The first-order valence-electron chi connectivity index (χ1n) is 8.51. The van der Waals surface area contributed by atoms with Crippen LogP contribution in [-0.2, 0) is 9.53 Å². The zero-order valence-corrected chi connectivity index (χ0v) is 13.5. The molecule has 0 aromatic carbocycles. The molecule has 0 heterocycles. The lowest BCUT2D eigenvalue weighted by Crippen LogP contribution is -2.36. The third-order valence-electron chi connectivity index (χ3n) is 4.66. The molecule has 1 aliphatic rings. The summed E-state index contributed by atoms with van der Waals surface area (Å²) < 4.78 is 5.57. The lowest BCUT2D eigenvalue weighted by atomic mass is 9.72. The standard InChI is InChI=1S/C17H33NO2/c1-3-4-5-7-10-15(2)20-16(19)13-17(14-18)11-8-6-9-12-17/h15H,3-14,18H2,1-2H3. The summed E-state index contributed by atoms with van der Waals surface area (Å²) in [5.74, 6) is -0.0414. The number of hydrogen-bond donors (Lipinski definition) is 1. The molecule has 3 heteroatoms. The van der Waals surface area contributed by atoms with E-state index in [0.717, 1.165) is 25.7 Å². The Balaban J connectivity index is 2.27. The predicted octanol–water partition coefficient (Wildman–Crippen LogP) is 4.19. The number of carbonyl (C=O) groups is 1. The van der Waals surface area contributed by atoms with Crippen molar-refractivity contribution >= 4 is 5.97 Å². The highest BCUT2D eigenvalue weighted by atomic mass is 16.5. The second kappa shape index (κ2) is 9.38. The van der Waals surface area contributed by atoms with Crippen molar-refractivity contribution in [1.29, 1.82) is 0 Å². The van der Waals surface area contributed by atoms with Crippen LogP contribution < -0.4 is 5.73 Å². The maximum absolute atomic E-state index is 12.1. The number of carbonyl (C=O) groups excluding carboxylic acids is 1. The third kappa shape index (κ3) is 6.25. The Hall–Kier alpha value is -0.570. The first-order valence-corrected chi connectivity index (χ1v) is 8.51. The fourth-order valence-electron chi connectivity index (χ4n) is 3.24. The van der Waals surface area contributed by atoms with E-state index in [9.17, 15) is 4.79 Å². The molecule has 118 valence electrons. The molecule has 0 spiro atoms. The fourth-order valence-corrected chi connectivity index (χ4v) is 3.24. The molecule has 1 saturated carbocycles. The van der Waals surface area contributed by atoms with Crippen LogP contribution in [0, 0.1) is 5.41 Å². The minimum atomic E-state index is -0.0414. The van der Waals surface area contributed by atoms with E-state index in [1.54, 1.807) is 0 Å². The van der Waals surface area contributed by atoms with Crippen LogP contribution >= 0.6 is 0 Å². The summed E-state index contributed by atoms with van der Waals surface area (Å²) >= 11 is 0. The Kier molecular flexibility index (Phi) is 8.20. The average Bonchev–Trinajstić information content (AvgIpc) is 2.44. The summed E-state index contributed by atoms with van der Waals surface area (Å²) in [4.78, 5) is 12.1. The summed E-state index contributed by atoms with van der Waals surface area (Å²) in [5.41, 5.74) is 5.95. The summed E-state index contributed by atoms with van der Waals surface area (Å²) in [5, 5.41) is 0. The number of nitrogens with two attached hydrogens (primary N) is 1. The number of rotatable bonds is 9. The van der Waals surface area contributed by atoms with Crippen molar-refractivity contribution in [3.63, 3.8) is 0 Å². The molecule has 0 aromatic heterocycles. The van der Waals surface area contributed by atoms with Gasteiger partial charge in [-0.05, 0) is 44.6 Å². The number of esters is 1. The van der Waals surface area contributed by atoms with Crippen molar-refractivity contribution in [2.75, 3.05) is 6.54 Å². The van der Waals surface area contributed by atoms with Gasteiger partial charge in [-0.2, -0.15) is 0 Å². The second-order valence-corrected chi connectivity index (χ2v) is 6.59. The molecule has 2 N–H and O–H groups in total. The van der Waals surface area contributed by atoms with Crippen LogP contribution in [0.25, 0.3) is 0 Å². The van der Waals surface area contributed by atoms with Crippen LogP contribution in [0.15, 0.2) is 0 Å². The van der Waals surface area contributed by atoms with E-state index in [2.05, 4.69) is 6.92 Å². The van der Waals surface area contributed by atoms with E-state index >= 15 is 0 Å². The van der Waals surface area contributed by atoms with Crippen molar-refractivity contribution in [2.24, 2.45) is 11.1 Å². The monoisotopic (exact) mass is 283 g/mol. The summed E-state index contributed by atoms with van der Waals surface area (Å²) in [7, 11) is 0. The summed E-state index contributed by atoms with van der Waals surface area (Å²) in [6, 6.07) is 0. The van der Waals surface area contributed by atoms with Crippen LogP contribution in [-0.4, -0.2) is 18.6 Å². The highest BCUT2D eigenvalue weighted by Crippen LogP contribution is 2.38. The molecule has 0 aromatic rings. The van der Waals surface area contributed by atoms with Gasteiger partial charge in [0.25, 0.3) is 0 Å². The summed E-state index contributed by atoms with van der Waals surface area (Å²) in [6.45, 7) is 4.84. The SMILES string of the molecule is CCCCCCC(C)OC(=O)CC1(CN)CCCCC1. The summed E-state index contributed by atoms with van der Waals surface area (Å²) in [6.07, 6.45) is 12.3. The van der Waals surface area contributed by atoms with Crippen molar-refractivity contribution < 1.29 is 9.53 Å². The number of ether oxygens (including phenoxy) is 1. The van der Waals surface area contributed by atoms with Crippen molar-refractivity contribution in [3.05, 3.63) is 0 Å². The van der Waals surface area contributed by atoms with Gasteiger partial charge in [-0.3, -0.25) is 4.79 Å². The maximum atomic E-state index is 12.1. The van der Waals surface area contributed by atoms with Crippen LogP contribution in [0.2, 0.25) is 0 Å². The third-order valence-corrected chi connectivity index (χ3v) is 4.66. The number of hydrogen-bond acceptors (Lipinski definition) is 3. The fraction of sp³-hybridized carbons (Fsp3) is 0.941. The average molecular weight is 283 g/mol. The smallest absolute Gasteiger partial charge is 0.306 e. The van der Waals surface area contributed by atoms with E-state index in [1.165, 1.54) is 38.5 Å². The Morgan fingerprint density at radius 2 is 1.90 bits per heavy atom. The maximum Gasteiger partial charge on any atom is 0.306 e. The molecule has 1 atom stereocenters. The molecular formula is C17H33NO2. The van der Waals surface area contributed by atoms with E-state index < -0.39 is 0 Å². The molecule has 1 aliphatic carbocycles. The normalized spacial score (nSPS) is 19.6. The zero-order valence-electron chi connectivity index (χ0n) is 13.5. The molecule has 1 rings (SSSR count). The van der Waals surface area contributed by atoms with Crippen molar-refractivity contribution in [3.8, 4) is 0 Å². The highest BCUT2D eigenvalue weighted by molar-refractivity contribution is 5.70. The molecule has 1 unspecified atom stereocenters. The Labute approximate surface area is 124 Å². The topological polar surface area (TPSA) is 52.3 Å². The van der Waals surface area contributed by atoms with Crippen LogP contribution in [0.3, 0.4) is 0 Å². The molecule has 0 aliphatic heterocycles. The van der Waals surface area contributed by atoms with Gasteiger partial charge in [0.1, 0.15) is 0 Å². The van der Waals surface area contributed by atoms with Gasteiger partial charge >= 0.3 is 5.97 Å². The van der Waals surface area contributed by atoms with Gasteiger partial charge in [-0.15, -0.1) is 0 Å². The molecule has 3 nitrogen and oxygen atoms in total. The molecule has 20 heavy (non-hydrogen) atoms. The molecule has 1 fully saturated rings. The van der Waals surface area contributed by atoms with Crippen LogP contribution in [0.4, 0.5) is 0 Å². The minimum Gasteiger partial charge on any atom is -0.463 e. The number of unbranched alkanes of at least 4 members (excludes halogenated alkanes) is 3. The second-order valence-electron chi connectivity index (χ2n) is 6.59. The molecule has 0 amide bonds. The van der Waals surface area contributed by atoms with Gasteiger partial charge in [0.2, 0.25) is 0 Å². The molecule has 0 saturated heterocycles. The van der Waals surface area contributed by atoms with Crippen molar-refractivity contribution in [2.45, 2.75) is 90.6 Å². The van der Waals surface area contributed by atoms with E-state index in [1.807, 2.05) is 6.92 Å². The van der Waals surface area contributed by atoms with Gasteiger partial charge in [0.05, 0.1) is 12.5 Å². The Bertz CT molecular complexity index is 272. The van der Waals surface area contributed by atoms with E-state index in [4.69, 9.17) is 10.5 Å². The molecule has 0 bridgehead atoms. The first-order chi connectivity index (χ1) is 9.62. The van der Waals surface area contributed by atoms with Crippen molar-refractivity contribution in [1.82, 2.24) is 0 Å². The van der Waals surface area contributed by atoms with Gasteiger partial charge in [0, 0.05) is 0 Å². The van der Waals surface area contributed by atoms with E-state index in [0.29, 0.717) is 13.0 Å². The van der Waals surface area contributed by atoms with E-state index in [-0.39, 0.29) is 17.5 Å². The molecular weight excluding hydrogens is 250 g/mol. The van der Waals surface area contributed by atoms with Crippen LogP contribution in [0.5, 0.6) is 0 Å². The predicted molar refractivity (Wildman–Crippen MR) is 83.5 cm³/mol. The van der Waals surface area contributed by atoms with Gasteiger partial charge in [-0.1, -0.05) is 45.4 Å². The lowest BCUT2D eigenvalue weighted by Gasteiger charge is -2.35. The lowest BCUT2D eigenvalue weighted by molar-refractivity contribution is -0.151. The highest BCUT2D eigenvalue weighted by Gasteiger charge is 2.33. The van der Waals surface area contributed by atoms with Gasteiger partial charge in [0.15, 0.2) is 0 Å². The van der Waals surface area contributed by atoms with Crippen LogP contribution in [0.1, 0.15) is 84.5 Å². The molecule has 0 radical (unpaired) electrons. The minimum absolute atomic E-state index is 0.0251. The Morgan fingerprint density at radius 1 is 1.20 bits per heavy atom. The first kappa shape index (κ1) is 17.5. The zero-order chi connectivity index (χ0) is 14.8.